The van der Waals surface area contributed by atoms with E-state index in [1.165, 1.54) is 0 Å². The number of nitrogens with zero attached hydrogens (tertiary/aromatic N) is 1. The summed E-state index contributed by atoms with van der Waals surface area (Å²) in [4.78, 5) is 16.0. The smallest absolute Gasteiger partial charge is 0.258 e. The van der Waals surface area contributed by atoms with Gasteiger partial charge in [0.25, 0.3) is 5.91 Å². The molecule has 0 radical (unpaired) electrons. The number of ether oxygens (including phenoxy) is 2. The molecule has 110 valence electrons. The number of hydrogen-bond acceptors (Lipinski definition) is 4. The Balaban J connectivity index is 1.81. The average molecular weight is 286 g/mol. The highest BCUT2D eigenvalue weighted by Crippen LogP contribution is 2.16. The predicted molar refractivity (Wildman–Crippen MR) is 79.3 cm³/mol. The molecule has 2 aromatic rings. The summed E-state index contributed by atoms with van der Waals surface area (Å²) in [5.41, 5.74) is 0.815. The summed E-state index contributed by atoms with van der Waals surface area (Å²) in [7, 11) is 1.60. The fourth-order valence-electron chi connectivity index (χ4n) is 1.81. The molecule has 1 aromatic heterocycles. The minimum Gasteiger partial charge on any atom is -0.497 e. The largest absolute Gasteiger partial charge is 0.497 e. The van der Waals surface area contributed by atoms with Crippen molar-refractivity contribution >= 4 is 5.91 Å². The lowest BCUT2D eigenvalue weighted by molar-refractivity contribution is -0.123. The molecule has 0 fully saturated rings. The highest BCUT2D eigenvalue weighted by molar-refractivity contribution is 5.77. The number of methoxy groups -OCH3 is 1. The van der Waals surface area contributed by atoms with Gasteiger partial charge in [0, 0.05) is 6.20 Å². The van der Waals surface area contributed by atoms with Gasteiger partial charge in [0.2, 0.25) is 0 Å². The van der Waals surface area contributed by atoms with E-state index in [0.717, 1.165) is 11.4 Å². The van der Waals surface area contributed by atoms with Crippen molar-refractivity contribution in [2.45, 2.75) is 13.0 Å². The molecular formula is C16H18N2O3. The van der Waals surface area contributed by atoms with E-state index in [2.05, 4.69) is 10.3 Å². The summed E-state index contributed by atoms with van der Waals surface area (Å²) in [6, 6.07) is 12.5. The third-order valence-electron chi connectivity index (χ3n) is 2.94. The molecular weight excluding hydrogens is 268 g/mol. The summed E-state index contributed by atoms with van der Waals surface area (Å²) in [6.07, 6.45) is 1.70. The second-order valence-corrected chi connectivity index (χ2v) is 4.51. The Morgan fingerprint density at radius 1 is 1.19 bits per heavy atom. The first kappa shape index (κ1) is 14.8. The fraction of sp³-hybridized carbons (Fsp3) is 0.250. The maximum atomic E-state index is 11.8. The lowest BCUT2D eigenvalue weighted by Crippen LogP contribution is -2.31. The molecule has 1 atom stereocenters. The molecule has 0 aliphatic rings. The normalized spacial score (nSPS) is 11.5. The van der Waals surface area contributed by atoms with E-state index in [4.69, 9.17) is 9.47 Å². The van der Waals surface area contributed by atoms with E-state index in [0.29, 0.717) is 5.75 Å². The van der Waals surface area contributed by atoms with Crippen molar-refractivity contribution in [1.82, 2.24) is 10.3 Å². The van der Waals surface area contributed by atoms with E-state index in [1.54, 1.807) is 37.6 Å². The van der Waals surface area contributed by atoms with E-state index in [1.807, 2.05) is 25.1 Å². The van der Waals surface area contributed by atoms with Crippen molar-refractivity contribution in [3.8, 4) is 11.5 Å². The molecule has 0 aliphatic heterocycles. The van der Waals surface area contributed by atoms with Gasteiger partial charge in [-0.2, -0.15) is 0 Å². The quantitative estimate of drug-likeness (QED) is 0.885. The maximum Gasteiger partial charge on any atom is 0.258 e. The molecule has 0 spiro atoms. The van der Waals surface area contributed by atoms with E-state index < -0.39 is 0 Å². The van der Waals surface area contributed by atoms with Crippen LogP contribution < -0.4 is 14.8 Å². The Labute approximate surface area is 123 Å². The molecule has 5 nitrogen and oxygen atoms in total. The predicted octanol–water partition coefficient (Wildman–Crippen LogP) is 2.35. The monoisotopic (exact) mass is 286 g/mol. The first-order chi connectivity index (χ1) is 10.2. The molecule has 0 bridgehead atoms. The molecule has 0 unspecified atom stereocenters. The van der Waals surface area contributed by atoms with Gasteiger partial charge >= 0.3 is 0 Å². The summed E-state index contributed by atoms with van der Waals surface area (Å²) >= 11 is 0. The van der Waals surface area contributed by atoms with Crippen LogP contribution in [0.25, 0.3) is 0 Å². The van der Waals surface area contributed by atoms with Crippen molar-refractivity contribution in [1.29, 1.82) is 0 Å². The number of carbonyl (C=O) groups is 1. The summed E-state index contributed by atoms with van der Waals surface area (Å²) < 4.78 is 10.5. The Bertz CT molecular complexity index is 570. The summed E-state index contributed by atoms with van der Waals surface area (Å²) in [6.45, 7) is 1.84. The number of amides is 1. The van der Waals surface area contributed by atoms with E-state index in [-0.39, 0.29) is 18.6 Å². The van der Waals surface area contributed by atoms with Crippen LogP contribution >= 0.6 is 0 Å². The van der Waals surface area contributed by atoms with Crippen LogP contribution in [-0.4, -0.2) is 24.6 Å². The molecule has 21 heavy (non-hydrogen) atoms. The number of aromatic nitrogens is 1. The molecule has 1 aromatic carbocycles. The van der Waals surface area contributed by atoms with E-state index in [9.17, 15) is 4.79 Å². The van der Waals surface area contributed by atoms with Gasteiger partial charge in [0.1, 0.15) is 11.5 Å². The number of rotatable bonds is 6. The van der Waals surface area contributed by atoms with Crippen LogP contribution in [0.3, 0.4) is 0 Å². The SMILES string of the molecule is COc1ccc(OCC(=O)N[C@@H](C)c2ccccn2)cc1. The second kappa shape index (κ2) is 7.28. The molecule has 5 heteroatoms. The molecule has 1 N–H and O–H groups in total. The van der Waals surface area contributed by atoms with Crippen LogP contribution in [0.2, 0.25) is 0 Å². The van der Waals surface area contributed by atoms with Gasteiger partial charge in [-0.1, -0.05) is 6.07 Å². The molecule has 0 saturated carbocycles. The van der Waals surface area contributed by atoms with Gasteiger partial charge in [-0.25, -0.2) is 0 Å². The van der Waals surface area contributed by atoms with Crippen molar-refractivity contribution in [3.63, 3.8) is 0 Å². The zero-order valence-electron chi connectivity index (χ0n) is 12.1. The number of carbonyl (C=O) groups excluding carboxylic acids is 1. The third kappa shape index (κ3) is 4.49. The Hall–Kier alpha value is -2.56. The van der Waals surface area contributed by atoms with Crippen LogP contribution in [0.1, 0.15) is 18.7 Å². The first-order valence-electron chi connectivity index (χ1n) is 6.66. The topological polar surface area (TPSA) is 60.5 Å². The number of benzene rings is 1. The molecule has 0 aliphatic carbocycles. The van der Waals surface area contributed by atoms with Crippen LogP contribution in [-0.2, 0) is 4.79 Å². The van der Waals surface area contributed by atoms with Crippen molar-refractivity contribution in [3.05, 3.63) is 54.4 Å². The minimum absolute atomic E-state index is 0.0382. The summed E-state index contributed by atoms with van der Waals surface area (Å²) in [5.74, 6) is 1.18. The number of hydrogen-bond donors (Lipinski definition) is 1. The van der Waals surface area contributed by atoms with Crippen LogP contribution in [0.15, 0.2) is 48.7 Å². The average Bonchev–Trinajstić information content (AvgIpc) is 2.54. The molecule has 0 saturated heterocycles. The van der Waals surface area contributed by atoms with Gasteiger partial charge in [0.05, 0.1) is 18.8 Å². The van der Waals surface area contributed by atoms with Crippen LogP contribution in [0, 0.1) is 0 Å². The highest BCUT2D eigenvalue weighted by atomic mass is 16.5. The van der Waals surface area contributed by atoms with Gasteiger partial charge < -0.3 is 14.8 Å². The Kier molecular flexibility index (Phi) is 5.15. The number of pyridine rings is 1. The maximum absolute atomic E-state index is 11.8. The molecule has 1 amide bonds. The standard InChI is InChI=1S/C16H18N2O3/c1-12(15-5-3-4-10-17-15)18-16(19)11-21-14-8-6-13(20-2)7-9-14/h3-10,12H,11H2,1-2H3,(H,18,19)/t12-/m0/s1. The Morgan fingerprint density at radius 3 is 2.52 bits per heavy atom. The second-order valence-electron chi connectivity index (χ2n) is 4.51. The van der Waals surface area contributed by atoms with Gasteiger partial charge in [-0.3, -0.25) is 9.78 Å². The Morgan fingerprint density at radius 2 is 1.90 bits per heavy atom. The summed E-state index contributed by atoms with van der Waals surface area (Å²) in [5, 5.41) is 2.84. The molecule has 2 rings (SSSR count). The van der Waals surface area contributed by atoms with Gasteiger partial charge in [-0.05, 0) is 43.3 Å². The lowest BCUT2D eigenvalue weighted by Gasteiger charge is -2.13. The van der Waals surface area contributed by atoms with Crippen molar-refractivity contribution in [2.75, 3.05) is 13.7 Å². The van der Waals surface area contributed by atoms with Gasteiger partial charge in [0.15, 0.2) is 6.61 Å². The van der Waals surface area contributed by atoms with Gasteiger partial charge in [-0.15, -0.1) is 0 Å². The van der Waals surface area contributed by atoms with E-state index >= 15 is 0 Å². The number of nitrogens with one attached hydrogen (secondary N) is 1. The van der Waals surface area contributed by atoms with Crippen LogP contribution in [0.5, 0.6) is 11.5 Å². The first-order valence-corrected chi connectivity index (χ1v) is 6.66. The third-order valence-corrected chi connectivity index (χ3v) is 2.94. The lowest BCUT2D eigenvalue weighted by atomic mass is 10.2. The van der Waals surface area contributed by atoms with Crippen molar-refractivity contribution in [2.24, 2.45) is 0 Å². The zero-order chi connectivity index (χ0) is 15.1. The molecule has 1 heterocycles. The zero-order valence-corrected chi connectivity index (χ0v) is 12.1. The fourth-order valence-corrected chi connectivity index (χ4v) is 1.81. The minimum atomic E-state index is -0.191. The van der Waals surface area contributed by atoms with Crippen LogP contribution in [0.4, 0.5) is 0 Å². The van der Waals surface area contributed by atoms with Crippen molar-refractivity contribution < 1.29 is 14.3 Å². The highest BCUT2D eigenvalue weighted by Gasteiger charge is 2.10.